The summed E-state index contributed by atoms with van der Waals surface area (Å²) in [6, 6.07) is 15.4. The summed E-state index contributed by atoms with van der Waals surface area (Å²) in [6.07, 6.45) is 3.67. The largest absolute Gasteiger partial charge is 0.491 e. The van der Waals surface area contributed by atoms with Crippen molar-refractivity contribution in [1.82, 2.24) is 0 Å². The van der Waals surface area contributed by atoms with E-state index in [9.17, 15) is 4.39 Å². The predicted molar refractivity (Wildman–Crippen MR) is 84.0 cm³/mol. The number of unbranched alkanes of at least 4 members (excludes halogenated alkanes) is 1. The molecule has 0 bridgehead atoms. The zero-order valence-electron chi connectivity index (χ0n) is 12.2. The summed E-state index contributed by atoms with van der Waals surface area (Å²) in [6.45, 7) is 1.07. The summed E-state index contributed by atoms with van der Waals surface area (Å²) in [4.78, 5) is 0. The average molecular weight is 287 g/mol. The number of benzene rings is 2. The van der Waals surface area contributed by atoms with E-state index < -0.39 is 0 Å². The van der Waals surface area contributed by atoms with Gasteiger partial charge < -0.3 is 10.5 Å². The fourth-order valence-electron chi connectivity index (χ4n) is 2.24. The third-order valence-corrected chi connectivity index (χ3v) is 3.39. The highest BCUT2D eigenvalue weighted by molar-refractivity contribution is 5.29. The van der Waals surface area contributed by atoms with Crippen LogP contribution in [0.3, 0.4) is 0 Å². The van der Waals surface area contributed by atoms with E-state index in [1.54, 1.807) is 6.07 Å². The van der Waals surface area contributed by atoms with E-state index in [0.29, 0.717) is 25.3 Å². The molecule has 0 amide bonds. The maximum Gasteiger partial charge on any atom is 0.165 e. The Hall–Kier alpha value is -1.87. The molecule has 0 saturated carbocycles. The number of halogens is 1. The van der Waals surface area contributed by atoms with Crippen LogP contribution in [0.15, 0.2) is 48.5 Å². The lowest BCUT2D eigenvalue weighted by molar-refractivity contribution is 0.292. The number of hydrogen-bond acceptors (Lipinski definition) is 2. The van der Waals surface area contributed by atoms with E-state index in [-0.39, 0.29) is 5.82 Å². The van der Waals surface area contributed by atoms with Crippen molar-refractivity contribution in [2.45, 2.75) is 25.7 Å². The summed E-state index contributed by atoms with van der Waals surface area (Å²) < 4.78 is 19.3. The zero-order chi connectivity index (χ0) is 14.9. The molecule has 0 aliphatic heterocycles. The molecule has 0 unspecified atom stereocenters. The summed E-state index contributed by atoms with van der Waals surface area (Å²) in [7, 11) is 0. The van der Waals surface area contributed by atoms with Crippen LogP contribution >= 0.6 is 0 Å². The van der Waals surface area contributed by atoms with Crippen LogP contribution < -0.4 is 10.5 Å². The maximum absolute atomic E-state index is 13.8. The van der Waals surface area contributed by atoms with Gasteiger partial charge in [0.15, 0.2) is 11.6 Å². The molecular formula is C18H22FNO. The first-order valence-electron chi connectivity index (χ1n) is 7.45. The van der Waals surface area contributed by atoms with Crippen LogP contribution in [-0.4, -0.2) is 13.2 Å². The molecule has 2 rings (SSSR count). The lowest BCUT2D eigenvalue weighted by Crippen LogP contribution is -2.04. The molecule has 0 heterocycles. The van der Waals surface area contributed by atoms with Gasteiger partial charge in [0.05, 0.1) is 6.61 Å². The number of hydrogen-bond donors (Lipinski definition) is 1. The summed E-state index contributed by atoms with van der Waals surface area (Å²) in [5, 5.41) is 0. The second-order valence-electron chi connectivity index (χ2n) is 5.09. The van der Waals surface area contributed by atoms with Crippen LogP contribution in [0.5, 0.6) is 5.75 Å². The minimum Gasteiger partial charge on any atom is -0.491 e. The Kier molecular flexibility index (Phi) is 6.22. The second-order valence-corrected chi connectivity index (χ2v) is 5.09. The Morgan fingerprint density at radius 3 is 2.43 bits per heavy atom. The molecule has 21 heavy (non-hydrogen) atoms. The van der Waals surface area contributed by atoms with E-state index in [1.165, 1.54) is 11.6 Å². The number of aryl methyl sites for hydroxylation is 1. The molecule has 2 N–H and O–H groups in total. The van der Waals surface area contributed by atoms with E-state index in [0.717, 1.165) is 24.8 Å². The Balaban J connectivity index is 1.71. The van der Waals surface area contributed by atoms with Crippen molar-refractivity contribution < 1.29 is 9.13 Å². The van der Waals surface area contributed by atoms with Crippen molar-refractivity contribution >= 4 is 0 Å². The summed E-state index contributed by atoms with van der Waals surface area (Å²) in [5.74, 6) is 0.0273. The average Bonchev–Trinajstić information content (AvgIpc) is 2.50. The molecule has 2 aromatic rings. The second kappa shape index (κ2) is 8.42. The quantitative estimate of drug-likeness (QED) is 0.751. The number of ether oxygens (including phenoxy) is 1. The fourth-order valence-corrected chi connectivity index (χ4v) is 2.24. The van der Waals surface area contributed by atoms with E-state index in [4.69, 9.17) is 10.5 Å². The van der Waals surface area contributed by atoms with E-state index in [1.807, 2.05) is 24.3 Å². The molecule has 112 valence electrons. The molecule has 0 radical (unpaired) electrons. The third-order valence-electron chi connectivity index (χ3n) is 3.39. The SMILES string of the molecule is NCCc1ccc(OCCCCc2ccccc2)c(F)c1. The molecule has 0 aliphatic carbocycles. The fraction of sp³-hybridized carbons (Fsp3) is 0.333. The first kappa shape index (κ1) is 15.5. The number of nitrogens with two attached hydrogens (primary N) is 1. The van der Waals surface area contributed by atoms with Crippen LogP contribution in [0.4, 0.5) is 4.39 Å². The summed E-state index contributed by atoms with van der Waals surface area (Å²) >= 11 is 0. The molecule has 0 fully saturated rings. The molecule has 3 heteroatoms. The van der Waals surface area contributed by atoms with Crippen LogP contribution in [0, 0.1) is 5.82 Å². The molecule has 2 aromatic carbocycles. The number of rotatable bonds is 8. The van der Waals surface area contributed by atoms with Crippen LogP contribution in [0.25, 0.3) is 0 Å². The highest BCUT2D eigenvalue weighted by atomic mass is 19.1. The lowest BCUT2D eigenvalue weighted by atomic mass is 10.1. The normalized spacial score (nSPS) is 10.6. The van der Waals surface area contributed by atoms with Gasteiger partial charge in [-0.15, -0.1) is 0 Å². The van der Waals surface area contributed by atoms with Crippen molar-refractivity contribution in [1.29, 1.82) is 0 Å². The molecule has 0 atom stereocenters. The smallest absolute Gasteiger partial charge is 0.165 e. The van der Waals surface area contributed by atoms with Crippen LogP contribution in [0.1, 0.15) is 24.0 Å². The van der Waals surface area contributed by atoms with Gasteiger partial charge in [-0.05, 0) is 55.5 Å². The third kappa shape index (κ3) is 5.20. The topological polar surface area (TPSA) is 35.2 Å². The highest BCUT2D eigenvalue weighted by Gasteiger charge is 2.04. The van der Waals surface area contributed by atoms with E-state index in [2.05, 4.69) is 12.1 Å². The van der Waals surface area contributed by atoms with Gasteiger partial charge >= 0.3 is 0 Å². The van der Waals surface area contributed by atoms with Gasteiger partial charge in [0.1, 0.15) is 0 Å². The minimum atomic E-state index is -0.302. The van der Waals surface area contributed by atoms with Crippen molar-refractivity contribution in [3.05, 3.63) is 65.5 Å². The van der Waals surface area contributed by atoms with Gasteiger partial charge in [-0.25, -0.2) is 4.39 Å². The Morgan fingerprint density at radius 1 is 0.905 bits per heavy atom. The van der Waals surface area contributed by atoms with Crippen LogP contribution in [-0.2, 0) is 12.8 Å². The van der Waals surface area contributed by atoms with Crippen molar-refractivity contribution in [3.63, 3.8) is 0 Å². The van der Waals surface area contributed by atoms with Gasteiger partial charge in [0.2, 0.25) is 0 Å². The zero-order valence-corrected chi connectivity index (χ0v) is 12.2. The molecule has 2 nitrogen and oxygen atoms in total. The minimum absolute atomic E-state index is 0.302. The molecule has 0 aromatic heterocycles. The first-order valence-corrected chi connectivity index (χ1v) is 7.45. The van der Waals surface area contributed by atoms with Gasteiger partial charge in [-0.1, -0.05) is 36.4 Å². The maximum atomic E-state index is 13.8. The van der Waals surface area contributed by atoms with Crippen molar-refractivity contribution in [2.75, 3.05) is 13.2 Å². The van der Waals surface area contributed by atoms with Crippen LogP contribution in [0.2, 0.25) is 0 Å². The van der Waals surface area contributed by atoms with Crippen molar-refractivity contribution in [2.24, 2.45) is 5.73 Å². The Bertz CT molecular complexity index is 542. The molecule has 0 saturated heterocycles. The van der Waals surface area contributed by atoms with E-state index >= 15 is 0 Å². The van der Waals surface area contributed by atoms with Gasteiger partial charge in [-0.2, -0.15) is 0 Å². The van der Waals surface area contributed by atoms with Gasteiger partial charge in [0, 0.05) is 0 Å². The molecule has 0 spiro atoms. The Labute approximate surface area is 125 Å². The monoisotopic (exact) mass is 287 g/mol. The van der Waals surface area contributed by atoms with Gasteiger partial charge in [0.25, 0.3) is 0 Å². The lowest BCUT2D eigenvalue weighted by Gasteiger charge is -2.08. The van der Waals surface area contributed by atoms with Crippen molar-refractivity contribution in [3.8, 4) is 5.75 Å². The first-order chi connectivity index (χ1) is 10.3. The molecule has 0 aliphatic rings. The predicted octanol–water partition coefficient (Wildman–Crippen LogP) is 3.73. The molecular weight excluding hydrogens is 265 g/mol. The Morgan fingerprint density at radius 2 is 1.71 bits per heavy atom. The standard InChI is InChI=1S/C18H22FNO/c19-17-14-16(11-12-20)9-10-18(17)21-13-5-4-8-15-6-2-1-3-7-15/h1-3,6-7,9-10,14H,4-5,8,11-13,20H2. The van der Waals surface area contributed by atoms with Gasteiger partial charge in [-0.3, -0.25) is 0 Å². The highest BCUT2D eigenvalue weighted by Crippen LogP contribution is 2.19. The summed E-state index contributed by atoms with van der Waals surface area (Å²) in [5.41, 5.74) is 7.69.